The molecular weight excluding hydrogens is 282 g/mol. The monoisotopic (exact) mass is 303 g/mol. The predicted octanol–water partition coefficient (Wildman–Crippen LogP) is 2.50. The molecule has 0 amide bonds. The van der Waals surface area contributed by atoms with Gasteiger partial charge in [0.25, 0.3) is 10.0 Å². The Kier molecular flexibility index (Phi) is 4.66. The zero-order valence-electron chi connectivity index (χ0n) is 11.4. The van der Waals surface area contributed by atoms with Crippen molar-refractivity contribution in [1.82, 2.24) is 4.31 Å². The molecule has 1 aliphatic heterocycles. The molecule has 1 atom stereocenters. The second-order valence-corrected chi connectivity index (χ2v) is 8.26. The van der Waals surface area contributed by atoms with Gasteiger partial charge in [0.15, 0.2) is 0 Å². The van der Waals surface area contributed by atoms with Gasteiger partial charge in [0.2, 0.25) is 0 Å². The summed E-state index contributed by atoms with van der Waals surface area (Å²) in [5, 5.41) is 9.21. The number of aliphatic hydroxyl groups excluding tert-OH is 1. The summed E-state index contributed by atoms with van der Waals surface area (Å²) in [5.74, 6) is 0. The number of nitrogens with zero attached hydrogens (tertiary/aromatic N) is 1. The summed E-state index contributed by atoms with van der Waals surface area (Å²) in [6.07, 6.45) is 3.85. The largest absolute Gasteiger partial charge is 0.391 e. The van der Waals surface area contributed by atoms with Crippen LogP contribution in [0.25, 0.3) is 0 Å². The van der Waals surface area contributed by atoms with Crippen molar-refractivity contribution in [3.05, 3.63) is 16.5 Å². The molecule has 1 fully saturated rings. The van der Waals surface area contributed by atoms with Gasteiger partial charge in [-0.1, -0.05) is 13.3 Å². The average molecular weight is 303 g/mol. The molecule has 19 heavy (non-hydrogen) atoms. The quantitative estimate of drug-likeness (QED) is 0.930. The molecule has 1 aromatic heterocycles. The summed E-state index contributed by atoms with van der Waals surface area (Å²) in [4.78, 5) is 0.739. The van der Waals surface area contributed by atoms with E-state index in [0.717, 1.165) is 36.1 Å². The van der Waals surface area contributed by atoms with E-state index in [-0.39, 0.29) is 12.6 Å². The highest BCUT2D eigenvalue weighted by Gasteiger charge is 2.33. The van der Waals surface area contributed by atoms with Crippen LogP contribution in [0.1, 0.15) is 43.0 Å². The van der Waals surface area contributed by atoms with E-state index < -0.39 is 10.0 Å². The number of sulfonamides is 1. The number of aliphatic hydroxyl groups is 1. The average Bonchev–Trinajstić information content (AvgIpc) is 2.80. The fourth-order valence-corrected chi connectivity index (χ4v) is 5.93. The Labute approximate surface area is 119 Å². The van der Waals surface area contributed by atoms with E-state index in [4.69, 9.17) is 0 Å². The van der Waals surface area contributed by atoms with Gasteiger partial charge >= 0.3 is 0 Å². The first-order chi connectivity index (χ1) is 9.00. The lowest BCUT2D eigenvalue weighted by atomic mass is 10.0. The summed E-state index contributed by atoms with van der Waals surface area (Å²) >= 11 is 1.19. The van der Waals surface area contributed by atoms with E-state index in [1.54, 1.807) is 10.4 Å². The molecule has 4 nitrogen and oxygen atoms in total. The lowest BCUT2D eigenvalue weighted by Gasteiger charge is -2.33. The predicted molar refractivity (Wildman–Crippen MR) is 76.8 cm³/mol. The Morgan fingerprint density at radius 1 is 1.47 bits per heavy atom. The topological polar surface area (TPSA) is 57.6 Å². The Morgan fingerprint density at radius 3 is 2.79 bits per heavy atom. The van der Waals surface area contributed by atoms with E-state index in [2.05, 4.69) is 0 Å². The van der Waals surface area contributed by atoms with Gasteiger partial charge in [0.1, 0.15) is 4.21 Å². The molecule has 0 bridgehead atoms. The maximum atomic E-state index is 12.7. The molecule has 0 saturated carbocycles. The van der Waals surface area contributed by atoms with Crippen LogP contribution in [0.5, 0.6) is 0 Å². The lowest BCUT2D eigenvalue weighted by Crippen LogP contribution is -2.42. The Hall–Kier alpha value is -0.430. The molecule has 0 aliphatic carbocycles. The first kappa shape index (κ1) is 15.0. The highest BCUT2D eigenvalue weighted by molar-refractivity contribution is 7.91. The molecule has 0 radical (unpaired) electrons. The highest BCUT2D eigenvalue weighted by Crippen LogP contribution is 2.32. The van der Waals surface area contributed by atoms with E-state index in [1.165, 1.54) is 11.3 Å². The summed E-state index contributed by atoms with van der Waals surface area (Å²) in [6.45, 7) is 4.40. The number of piperidine rings is 1. The Balaban J connectivity index is 2.34. The van der Waals surface area contributed by atoms with Gasteiger partial charge < -0.3 is 5.11 Å². The first-order valence-corrected chi connectivity index (χ1v) is 8.98. The van der Waals surface area contributed by atoms with Crippen LogP contribution in [0.4, 0.5) is 0 Å². The summed E-state index contributed by atoms with van der Waals surface area (Å²) in [7, 11) is -3.39. The van der Waals surface area contributed by atoms with Crippen molar-refractivity contribution in [2.24, 2.45) is 0 Å². The SMILES string of the molecule is CCC1CCCCN1S(=O)(=O)c1cc(C)c(CO)s1. The van der Waals surface area contributed by atoms with Crippen molar-refractivity contribution >= 4 is 21.4 Å². The van der Waals surface area contributed by atoms with Gasteiger partial charge in [-0.05, 0) is 37.8 Å². The second kappa shape index (κ2) is 5.91. The molecule has 0 aromatic carbocycles. The molecule has 2 rings (SSSR count). The molecule has 1 N–H and O–H groups in total. The van der Waals surface area contributed by atoms with Crippen LogP contribution in [-0.4, -0.2) is 30.4 Å². The Morgan fingerprint density at radius 2 is 2.21 bits per heavy atom. The van der Waals surface area contributed by atoms with Crippen LogP contribution in [0.3, 0.4) is 0 Å². The molecular formula is C13H21NO3S2. The number of rotatable bonds is 4. The zero-order chi connectivity index (χ0) is 14.0. The number of aryl methyl sites for hydroxylation is 1. The second-order valence-electron chi connectivity index (χ2n) is 5.00. The normalized spacial score (nSPS) is 21.7. The molecule has 1 unspecified atom stereocenters. The minimum atomic E-state index is -3.39. The third-order valence-corrected chi connectivity index (χ3v) is 7.37. The Bertz CT molecular complexity index is 536. The third-order valence-electron chi connectivity index (χ3n) is 3.75. The molecule has 1 aliphatic rings. The molecule has 108 valence electrons. The van der Waals surface area contributed by atoms with Gasteiger partial charge in [-0.15, -0.1) is 11.3 Å². The number of hydrogen-bond acceptors (Lipinski definition) is 4. The van der Waals surface area contributed by atoms with E-state index in [0.29, 0.717) is 10.8 Å². The smallest absolute Gasteiger partial charge is 0.252 e. The van der Waals surface area contributed by atoms with Crippen molar-refractivity contribution in [3.63, 3.8) is 0 Å². The summed E-state index contributed by atoms with van der Waals surface area (Å²) in [6, 6.07) is 1.81. The lowest BCUT2D eigenvalue weighted by molar-refractivity contribution is 0.247. The minimum Gasteiger partial charge on any atom is -0.391 e. The molecule has 1 aromatic rings. The van der Waals surface area contributed by atoms with Gasteiger partial charge in [-0.2, -0.15) is 4.31 Å². The summed E-state index contributed by atoms with van der Waals surface area (Å²) < 4.78 is 27.4. The van der Waals surface area contributed by atoms with E-state index in [1.807, 2.05) is 13.8 Å². The van der Waals surface area contributed by atoms with Crippen LogP contribution in [0.2, 0.25) is 0 Å². The van der Waals surface area contributed by atoms with Crippen molar-refractivity contribution in [1.29, 1.82) is 0 Å². The highest BCUT2D eigenvalue weighted by atomic mass is 32.2. The number of thiophene rings is 1. The van der Waals surface area contributed by atoms with Crippen LogP contribution in [0, 0.1) is 6.92 Å². The maximum Gasteiger partial charge on any atom is 0.252 e. The van der Waals surface area contributed by atoms with Crippen LogP contribution in [0.15, 0.2) is 10.3 Å². The zero-order valence-corrected chi connectivity index (χ0v) is 13.1. The molecule has 0 spiro atoms. The van der Waals surface area contributed by atoms with Crippen LogP contribution < -0.4 is 0 Å². The molecule has 2 heterocycles. The fraction of sp³-hybridized carbons (Fsp3) is 0.692. The van der Waals surface area contributed by atoms with Crippen molar-refractivity contribution < 1.29 is 13.5 Å². The first-order valence-electron chi connectivity index (χ1n) is 6.72. The van der Waals surface area contributed by atoms with Gasteiger partial charge in [0.05, 0.1) is 6.61 Å². The van der Waals surface area contributed by atoms with Crippen LogP contribution >= 0.6 is 11.3 Å². The van der Waals surface area contributed by atoms with E-state index >= 15 is 0 Å². The maximum absolute atomic E-state index is 12.7. The van der Waals surface area contributed by atoms with E-state index in [9.17, 15) is 13.5 Å². The molecule has 1 saturated heterocycles. The minimum absolute atomic E-state index is 0.0940. The van der Waals surface area contributed by atoms with Gasteiger partial charge in [-0.25, -0.2) is 8.42 Å². The van der Waals surface area contributed by atoms with Crippen molar-refractivity contribution in [2.75, 3.05) is 6.54 Å². The van der Waals surface area contributed by atoms with Crippen molar-refractivity contribution in [2.45, 2.75) is 56.4 Å². The summed E-state index contributed by atoms with van der Waals surface area (Å²) in [5.41, 5.74) is 0.858. The standard InChI is InChI=1S/C13H21NO3S2/c1-3-11-6-4-5-7-14(11)19(16,17)13-8-10(2)12(9-15)18-13/h8,11,15H,3-7,9H2,1-2H3. The number of hydrogen-bond donors (Lipinski definition) is 1. The fourth-order valence-electron chi connectivity index (χ4n) is 2.59. The van der Waals surface area contributed by atoms with Crippen molar-refractivity contribution in [3.8, 4) is 0 Å². The van der Waals surface area contributed by atoms with Gasteiger partial charge in [-0.3, -0.25) is 0 Å². The van der Waals surface area contributed by atoms with Gasteiger partial charge in [0, 0.05) is 17.5 Å². The van der Waals surface area contributed by atoms with Crippen LogP contribution in [-0.2, 0) is 16.6 Å². The third kappa shape index (κ3) is 2.86. The molecule has 6 heteroatoms.